The zero-order valence-electron chi connectivity index (χ0n) is 13.1. The summed E-state index contributed by atoms with van der Waals surface area (Å²) in [6.07, 6.45) is 0. The van der Waals surface area contributed by atoms with Crippen LogP contribution in [-0.4, -0.2) is 14.9 Å². The molecule has 1 heterocycles. The van der Waals surface area contributed by atoms with Crippen molar-refractivity contribution in [3.63, 3.8) is 0 Å². The summed E-state index contributed by atoms with van der Waals surface area (Å²) in [7, 11) is 0. The van der Waals surface area contributed by atoms with Gasteiger partial charge in [0.2, 0.25) is 5.88 Å². The molecule has 3 rings (SSSR count). The Balaban J connectivity index is 2.24. The van der Waals surface area contributed by atoms with Crippen molar-refractivity contribution in [1.82, 2.24) is 9.78 Å². The van der Waals surface area contributed by atoms with E-state index in [0.717, 1.165) is 22.4 Å². The molecule has 0 atom stereocenters. The molecule has 0 aliphatic carbocycles. The van der Waals surface area contributed by atoms with E-state index in [9.17, 15) is 5.11 Å². The molecule has 0 bridgehead atoms. The quantitative estimate of drug-likeness (QED) is 0.752. The molecule has 0 saturated carbocycles. The lowest BCUT2D eigenvalue weighted by Gasteiger charge is -2.06. The number of aromatic hydroxyl groups is 1. The zero-order valence-corrected chi connectivity index (χ0v) is 13.1. The van der Waals surface area contributed by atoms with Crippen LogP contribution in [-0.2, 0) is 0 Å². The van der Waals surface area contributed by atoms with Gasteiger partial charge < -0.3 is 5.11 Å². The summed E-state index contributed by atoms with van der Waals surface area (Å²) in [6, 6.07) is 18.2. The van der Waals surface area contributed by atoms with Gasteiger partial charge in [-0.2, -0.15) is 5.10 Å². The third kappa shape index (κ3) is 2.50. The van der Waals surface area contributed by atoms with Gasteiger partial charge >= 0.3 is 0 Å². The molecule has 3 nitrogen and oxygen atoms in total. The van der Waals surface area contributed by atoms with Crippen LogP contribution < -0.4 is 0 Å². The Morgan fingerprint density at radius 1 is 0.909 bits per heavy atom. The van der Waals surface area contributed by atoms with E-state index in [0.29, 0.717) is 0 Å². The van der Waals surface area contributed by atoms with Gasteiger partial charge in [-0.15, -0.1) is 0 Å². The second-order valence-electron chi connectivity index (χ2n) is 5.82. The van der Waals surface area contributed by atoms with E-state index >= 15 is 0 Å². The van der Waals surface area contributed by atoms with Crippen molar-refractivity contribution in [2.75, 3.05) is 0 Å². The summed E-state index contributed by atoms with van der Waals surface area (Å²) >= 11 is 0. The average Bonchev–Trinajstić information content (AvgIpc) is 2.86. The molecule has 0 unspecified atom stereocenters. The normalized spacial score (nSPS) is 11.1. The highest BCUT2D eigenvalue weighted by atomic mass is 16.3. The van der Waals surface area contributed by atoms with Crippen molar-refractivity contribution in [2.24, 2.45) is 0 Å². The topological polar surface area (TPSA) is 38.0 Å². The first kappa shape index (κ1) is 14.4. The standard InChI is InChI=1S/C19H20N2O/c1-13(2)21-19(22)17(15-7-5-4-6-8-15)18(20-21)16-11-9-14(3)10-12-16/h4-13,22H,1-3H3. The van der Waals surface area contributed by atoms with Crippen LogP contribution in [0.25, 0.3) is 22.4 Å². The summed E-state index contributed by atoms with van der Waals surface area (Å²) < 4.78 is 1.68. The van der Waals surface area contributed by atoms with E-state index in [1.165, 1.54) is 5.56 Å². The van der Waals surface area contributed by atoms with Crippen LogP contribution in [0, 0.1) is 6.92 Å². The molecular weight excluding hydrogens is 272 g/mol. The second kappa shape index (κ2) is 5.68. The van der Waals surface area contributed by atoms with Gasteiger partial charge in [0.15, 0.2) is 0 Å². The van der Waals surface area contributed by atoms with Crippen molar-refractivity contribution >= 4 is 0 Å². The fourth-order valence-corrected chi connectivity index (χ4v) is 2.57. The number of aromatic nitrogens is 2. The molecule has 0 fully saturated rings. The molecule has 0 saturated heterocycles. The average molecular weight is 292 g/mol. The summed E-state index contributed by atoms with van der Waals surface area (Å²) in [5.74, 6) is 0.219. The lowest BCUT2D eigenvalue weighted by atomic mass is 10.0. The molecule has 0 aliphatic rings. The minimum atomic E-state index is 0.0988. The fraction of sp³-hybridized carbons (Fsp3) is 0.211. The Kier molecular flexibility index (Phi) is 3.72. The summed E-state index contributed by atoms with van der Waals surface area (Å²) in [4.78, 5) is 0. The van der Waals surface area contributed by atoms with Gasteiger partial charge in [0, 0.05) is 5.56 Å². The van der Waals surface area contributed by atoms with Crippen LogP contribution in [0.5, 0.6) is 5.88 Å². The summed E-state index contributed by atoms with van der Waals surface area (Å²) in [5.41, 5.74) is 4.80. The fourth-order valence-electron chi connectivity index (χ4n) is 2.57. The van der Waals surface area contributed by atoms with E-state index < -0.39 is 0 Å². The highest BCUT2D eigenvalue weighted by Gasteiger charge is 2.21. The molecule has 112 valence electrons. The Labute approximate surface area is 130 Å². The smallest absolute Gasteiger partial charge is 0.218 e. The minimum Gasteiger partial charge on any atom is -0.493 e. The SMILES string of the molecule is Cc1ccc(-c2nn(C(C)C)c(O)c2-c2ccccc2)cc1. The van der Waals surface area contributed by atoms with Crippen LogP contribution in [0.2, 0.25) is 0 Å². The van der Waals surface area contributed by atoms with Crippen molar-refractivity contribution in [3.8, 4) is 28.3 Å². The molecule has 0 radical (unpaired) electrons. The van der Waals surface area contributed by atoms with Crippen LogP contribution in [0.1, 0.15) is 25.5 Å². The molecule has 2 aromatic carbocycles. The predicted molar refractivity (Wildman–Crippen MR) is 89.9 cm³/mol. The molecule has 3 aromatic rings. The highest BCUT2D eigenvalue weighted by molar-refractivity contribution is 5.84. The first-order valence-corrected chi connectivity index (χ1v) is 7.52. The molecule has 3 heteroatoms. The highest BCUT2D eigenvalue weighted by Crippen LogP contribution is 2.39. The molecule has 0 aliphatic heterocycles. The van der Waals surface area contributed by atoms with E-state index in [-0.39, 0.29) is 11.9 Å². The first-order valence-electron chi connectivity index (χ1n) is 7.52. The number of benzene rings is 2. The Hall–Kier alpha value is -2.55. The van der Waals surface area contributed by atoms with Gasteiger partial charge in [0.1, 0.15) is 5.69 Å². The van der Waals surface area contributed by atoms with E-state index in [2.05, 4.69) is 24.2 Å². The van der Waals surface area contributed by atoms with Crippen molar-refractivity contribution in [1.29, 1.82) is 0 Å². The summed E-state index contributed by atoms with van der Waals surface area (Å²) in [5, 5.41) is 15.3. The monoisotopic (exact) mass is 292 g/mol. The largest absolute Gasteiger partial charge is 0.493 e. The Morgan fingerprint density at radius 3 is 2.14 bits per heavy atom. The van der Waals surface area contributed by atoms with Gasteiger partial charge in [-0.1, -0.05) is 60.2 Å². The van der Waals surface area contributed by atoms with Gasteiger partial charge in [-0.25, -0.2) is 4.68 Å². The molecule has 1 aromatic heterocycles. The second-order valence-corrected chi connectivity index (χ2v) is 5.82. The van der Waals surface area contributed by atoms with Gasteiger partial charge in [-0.3, -0.25) is 0 Å². The van der Waals surface area contributed by atoms with Crippen LogP contribution in [0.15, 0.2) is 54.6 Å². The molecule has 1 N–H and O–H groups in total. The summed E-state index contributed by atoms with van der Waals surface area (Å²) in [6.45, 7) is 6.09. The van der Waals surface area contributed by atoms with Crippen LogP contribution >= 0.6 is 0 Å². The Bertz CT molecular complexity index is 771. The van der Waals surface area contributed by atoms with E-state index in [4.69, 9.17) is 0 Å². The van der Waals surface area contributed by atoms with Crippen molar-refractivity contribution < 1.29 is 5.11 Å². The predicted octanol–water partition coefficient (Wildman–Crippen LogP) is 4.81. The number of rotatable bonds is 3. The van der Waals surface area contributed by atoms with Crippen LogP contribution in [0.4, 0.5) is 0 Å². The number of hydrogen-bond donors (Lipinski definition) is 1. The van der Waals surface area contributed by atoms with Crippen LogP contribution in [0.3, 0.4) is 0 Å². The van der Waals surface area contributed by atoms with Crippen molar-refractivity contribution in [3.05, 3.63) is 60.2 Å². The maximum absolute atomic E-state index is 10.6. The first-order chi connectivity index (χ1) is 10.6. The third-order valence-electron chi connectivity index (χ3n) is 3.76. The lowest BCUT2D eigenvalue weighted by Crippen LogP contribution is -2.01. The van der Waals surface area contributed by atoms with Gasteiger partial charge in [-0.05, 0) is 26.3 Å². The third-order valence-corrected chi connectivity index (χ3v) is 3.76. The van der Waals surface area contributed by atoms with Gasteiger partial charge in [0.05, 0.1) is 11.6 Å². The molecule has 0 amide bonds. The zero-order chi connectivity index (χ0) is 15.7. The molecule has 0 spiro atoms. The number of hydrogen-bond acceptors (Lipinski definition) is 2. The van der Waals surface area contributed by atoms with Gasteiger partial charge in [0.25, 0.3) is 0 Å². The Morgan fingerprint density at radius 2 is 1.55 bits per heavy atom. The minimum absolute atomic E-state index is 0.0988. The maximum atomic E-state index is 10.6. The van der Waals surface area contributed by atoms with E-state index in [1.807, 2.05) is 56.3 Å². The molecular formula is C19H20N2O. The van der Waals surface area contributed by atoms with Crippen molar-refractivity contribution in [2.45, 2.75) is 26.8 Å². The van der Waals surface area contributed by atoms with E-state index in [1.54, 1.807) is 4.68 Å². The maximum Gasteiger partial charge on any atom is 0.218 e. The molecule has 22 heavy (non-hydrogen) atoms. The number of aryl methyl sites for hydroxylation is 1. The number of nitrogens with zero attached hydrogens (tertiary/aromatic N) is 2. The lowest BCUT2D eigenvalue weighted by molar-refractivity contribution is 0.379.